The third-order valence-corrected chi connectivity index (χ3v) is 6.26. The summed E-state index contributed by atoms with van der Waals surface area (Å²) < 4.78 is 1.96. The molecule has 1 heterocycles. The number of rotatable bonds is 4. The van der Waals surface area contributed by atoms with E-state index in [4.69, 9.17) is 23.2 Å². The molecule has 0 spiro atoms. The summed E-state index contributed by atoms with van der Waals surface area (Å²) in [6.45, 7) is 1.96. The van der Waals surface area contributed by atoms with Gasteiger partial charge in [-0.05, 0) is 36.8 Å². The maximum Gasteiger partial charge on any atom is 0.333 e. The van der Waals surface area contributed by atoms with Crippen molar-refractivity contribution in [2.24, 2.45) is 19.1 Å². The number of thioether (sulfide) groups is 1. The zero-order valence-corrected chi connectivity index (χ0v) is 18.8. The minimum absolute atomic E-state index is 0.0368. The van der Waals surface area contributed by atoms with Crippen LogP contribution in [0.2, 0.25) is 10.0 Å². The lowest BCUT2D eigenvalue weighted by Gasteiger charge is -2.13. The van der Waals surface area contributed by atoms with Gasteiger partial charge in [0, 0.05) is 19.8 Å². The van der Waals surface area contributed by atoms with E-state index in [0.717, 1.165) is 20.3 Å². The molecule has 9 heteroatoms. The van der Waals surface area contributed by atoms with Crippen LogP contribution in [0.15, 0.2) is 57.0 Å². The molecule has 3 aromatic rings. The SMILES string of the molecule is Cc1ccc(N=C(SCc2ccc(Cl)c(Cl)c2)c2c(O)n(C)c(=O)n(C)c2=O)cc1. The van der Waals surface area contributed by atoms with Gasteiger partial charge in [0.25, 0.3) is 5.56 Å². The zero-order valence-electron chi connectivity index (χ0n) is 16.5. The van der Waals surface area contributed by atoms with Crippen molar-refractivity contribution >= 4 is 45.7 Å². The highest BCUT2D eigenvalue weighted by molar-refractivity contribution is 8.13. The fraction of sp³-hybridized carbons (Fsp3) is 0.190. The Bertz CT molecular complexity index is 1250. The Morgan fingerprint density at radius 1 is 1.03 bits per heavy atom. The molecule has 0 amide bonds. The molecule has 0 saturated carbocycles. The number of hydrogen-bond donors (Lipinski definition) is 1. The van der Waals surface area contributed by atoms with Crippen LogP contribution in [0.3, 0.4) is 0 Å². The Kier molecular flexibility index (Phi) is 6.75. The van der Waals surface area contributed by atoms with Crippen LogP contribution in [0.1, 0.15) is 16.7 Å². The molecule has 0 radical (unpaired) electrons. The Hall–Kier alpha value is -2.48. The second-order valence-electron chi connectivity index (χ2n) is 6.69. The first-order valence-corrected chi connectivity index (χ1v) is 10.6. The lowest BCUT2D eigenvalue weighted by molar-refractivity contribution is 0.410. The maximum atomic E-state index is 12.8. The molecule has 1 aromatic heterocycles. The molecule has 0 aliphatic heterocycles. The van der Waals surface area contributed by atoms with Gasteiger partial charge in [0.2, 0.25) is 5.88 Å². The van der Waals surface area contributed by atoms with Crippen molar-refractivity contribution in [3.05, 3.63) is 90.0 Å². The van der Waals surface area contributed by atoms with Gasteiger partial charge in [-0.25, -0.2) is 9.79 Å². The minimum Gasteiger partial charge on any atom is -0.494 e. The number of hydrogen-bond acceptors (Lipinski definition) is 5. The predicted octanol–water partition coefficient (Wildman–Crippen LogP) is 4.42. The van der Waals surface area contributed by atoms with Crippen molar-refractivity contribution in [3.8, 4) is 5.88 Å². The number of benzene rings is 2. The number of aryl methyl sites for hydroxylation is 1. The second-order valence-corrected chi connectivity index (χ2v) is 8.47. The molecule has 6 nitrogen and oxygen atoms in total. The van der Waals surface area contributed by atoms with Gasteiger partial charge in [-0.15, -0.1) is 11.8 Å². The Labute approximate surface area is 187 Å². The number of aromatic hydroxyl groups is 1. The van der Waals surface area contributed by atoms with Gasteiger partial charge in [-0.3, -0.25) is 13.9 Å². The average Bonchev–Trinajstić information content (AvgIpc) is 2.73. The van der Waals surface area contributed by atoms with Crippen LogP contribution in [-0.4, -0.2) is 19.3 Å². The molecule has 0 aliphatic rings. The topological polar surface area (TPSA) is 76.6 Å². The first-order chi connectivity index (χ1) is 14.2. The summed E-state index contributed by atoms with van der Waals surface area (Å²) in [5.74, 6) is -0.0110. The molecule has 1 N–H and O–H groups in total. The lowest BCUT2D eigenvalue weighted by Crippen LogP contribution is -2.39. The quantitative estimate of drug-likeness (QED) is 0.458. The Balaban J connectivity index is 2.11. The average molecular weight is 464 g/mol. The molecular formula is C21H19Cl2N3O3S. The third kappa shape index (κ3) is 4.64. The summed E-state index contributed by atoms with van der Waals surface area (Å²) in [6.07, 6.45) is 0. The number of nitrogens with zero attached hydrogens (tertiary/aromatic N) is 3. The van der Waals surface area contributed by atoms with E-state index in [1.807, 2.05) is 37.3 Å². The highest BCUT2D eigenvalue weighted by Crippen LogP contribution is 2.28. The van der Waals surface area contributed by atoms with Crippen LogP contribution in [0.5, 0.6) is 5.88 Å². The summed E-state index contributed by atoms with van der Waals surface area (Å²) in [7, 11) is 2.76. The van der Waals surface area contributed by atoms with Crippen molar-refractivity contribution in [2.45, 2.75) is 12.7 Å². The summed E-state index contributed by atoms with van der Waals surface area (Å²) in [5, 5.41) is 11.7. The van der Waals surface area contributed by atoms with Gasteiger partial charge in [-0.2, -0.15) is 0 Å². The van der Waals surface area contributed by atoms with Gasteiger partial charge in [0.15, 0.2) is 0 Å². The van der Waals surface area contributed by atoms with E-state index < -0.39 is 17.1 Å². The number of aromatic nitrogens is 2. The minimum atomic E-state index is -0.622. The van der Waals surface area contributed by atoms with Crippen molar-refractivity contribution in [2.75, 3.05) is 0 Å². The molecular weight excluding hydrogens is 445 g/mol. The van der Waals surface area contributed by atoms with Crippen molar-refractivity contribution < 1.29 is 5.11 Å². The van der Waals surface area contributed by atoms with E-state index >= 15 is 0 Å². The zero-order chi connectivity index (χ0) is 22.0. The standard InChI is InChI=1S/C21H19Cl2N3O3S/c1-12-4-7-14(8-5-12)24-18(30-11-13-6-9-15(22)16(23)10-13)17-19(27)25(2)21(29)26(3)20(17)28/h4-10,27H,11H2,1-3H3. The highest BCUT2D eigenvalue weighted by Gasteiger charge is 2.21. The van der Waals surface area contributed by atoms with Crippen LogP contribution < -0.4 is 11.2 Å². The van der Waals surface area contributed by atoms with Crippen LogP contribution >= 0.6 is 35.0 Å². The predicted molar refractivity (Wildman–Crippen MR) is 124 cm³/mol. The summed E-state index contributed by atoms with van der Waals surface area (Å²) in [5.41, 5.74) is 1.28. The summed E-state index contributed by atoms with van der Waals surface area (Å²) >= 11 is 13.3. The molecule has 0 saturated heterocycles. The van der Waals surface area contributed by atoms with Crippen LogP contribution in [-0.2, 0) is 19.8 Å². The lowest BCUT2D eigenvalue weighted by atomic mass is 10.2. The van der Waals surface area contributed by atoms with Gasteiger partial charge >= 0.3 is 5.69 Å². The highest BCUT2D eigenvalue weighted by atomic mass is 35.5. The number of halogens is 2. The molecule has 0 fully saturated rings. The molecule has 0 aliphatic carbocycles. The molecule has 0 atom stereocenters. The fourth-order valence-electron chi connectivity index (χ4n) is 2.70. The first-order valence-electron chi connectivity index (χ1n) is 8.90. The van der Waals surface area contributed by atoms with Crippen molar-refractivity contribution in [1.82, 2.24) is 9.13 Å². The molecule has 0 bridgehead atoms. The summed E-state index contributed by atoms with van der Waals surface area (Å²) in [6, 6.07) is 12.7. The van der Waals surface area contributed by atoms with Crippen molar-refractivity contribution in [1.29, 1.82) is 0 Å². The Morgan fingerprint density at radius 3 is 2.33 bits per heavy atom. The third-order valence-electron chi connectivity index (χ3n) is 4.47. The van der Waals surface area contributed by atoms with E-state index in [1.165, 1.54) is 25.9 Å². The maximum absolute atomic E-state index is 12.8. The number of aliphatic imine (C=N–C) groups is 1. The smallest absolute Gasteiger partial charge is 0.333 e. The first kappa shape index (κ1) is 22.2. The van der Waals surface area contributed by atoms with E-state index in [9.17, 15) is 14.7 Å². The van der Waals surface area contributed by atoms with E-state index in [0.29, 0.717) is 26.5 Å². The van der Waals surface area contributed by atoms with Crippen LogP contribution in [0.25, 0.3) is 0 Å². The largest absolute Gasteiger partial charge is 0.494 e. The van der Waals surface area contributed by atoms with Gasteiger partial charge in [-0.1, -0.05) is 47.0 Å². The van der Waals surface area contributed by atoms with Gasteiger partial charge < -0.3 is 5.11 Å². The molecule has 30 heavy (non-hydrogen) atoms. The fourth-order valence-corrected chi connectivity index (χ4v) is 4.00. The van der Waals surface area contributed by atoms with Gasteiger partial charge in [0.05, 0.1) is 15.7 Å². The summed E-state index contributed by atoms with van der Waals surface area (Å²) in [4.78, 5) is 29.5. The van der Waals surface area contributed by atoms with Crippen molar-refractivity contribution in [3.63, 3.8) is 0 Å². The second kappa shape index (κ2) is 9.12. The molecule has 156 valence electrons. The van der Waals surface area contributed by atoms with E-state index in [1.54, 1.807) is 12.1 Å². The van der Waals surface area contributed by atoms with Crippen LogP contribution in [0.4, 0.5) is 5.69 Å². The van der Waals surface area contributed by atoms with Crippen LogP contribution in [0, 0.1) is 6.92 Å². The molecule has 2 aromatic carbocycles. The van der Waals surface area contributed by atoms with E-state index in [-0.39, 0.29) is 5.56 Å². The normalized spacial score (nSPS) is 11.7. The monoisotopic (exact) mass is 463 g/mol. The van der Waals surface area contributed by atoms with Gasteiger partial charge in [0.1, 0.15) is 10.6 Å². The Morgan fingerprint density at radius 2 is 1.70 bits per heavy atom. The van der Waals surface area contributed by atoms with E-state index in [2.05, 4.69) is 4.99 Å². The molecule has 3 rings (SSSR count). The molecule has 0 unspecified atom stereocenters.